The van der Waals surface area contributed by atoms with Crippen molar-refractivity contribution in [2.24, 2.45) is 0 Å². The molecule has 1 N–H and O–H groups in total. The number of rotatable bonds is 3. The summed E-state index contributed by atoms with van der Waals surface area (Å²) in [6.45, 7) is 4.03. The van der Waals surface area contributed by atoms with Crippen molar-refractivity contribution in [1.29, 1.82) is 0 Å². The van der Waals surface area contributed by atoms with Crippen LogP contribution in [0.15, 0.2) is 12.1 Å². The Balaban J connectivity index is 2.43. The van der Waals surface area contributed by atoms with Crippen LogP contribution in [-0.2, 0) is 0 Å². The fraction of sp³-hybridized carbons (Fsp3) is 0.500. The van der Waals surface area contributed by atoms with Gasteiger partial charge in [0.2, 0.25) is 0 Å². The first-order valence-electron chi connectivity index (χ1n) is 6.63. The Hall–Kier alpha value is -1.95. The van der Waals surface area contributed by atoms with Crippen LogP contribution < -0.4 is 0 Å². The van der Waals surface area contributed by atoms with E-state index in [1.54, 1.807) is 13.0 Å². The van der Waals surface area contributed by atoms with Crippen LogP contribution in [0.25, 0.3) is 0 Å². The van der Waals surface area contributed by atoms with E-state index in [0.717, 1.165) is 24.0 Å². The van der Waals surface area contributed by atoms with Gasteiger partial charge in [-0.05, 0) is 43.9 Å². The highest BCUT2D eigenvalue weighted by Crippen LogP contribution is 2.27. The van der Waals surface area contributed by atoms with Gasteiger partial charge < -0.3 is 10.0 Å². The van der Waals surface area contributed by atoms with E-state index in [2.05, 4.69) is 0 Å². The van der Waals surface area contributed by atoms with Gasteiger partial charge in [0, 0.05) is 12.6 Å². The number of carbonyl (C=O) groups is 1. The molecule has 1 aliphatic rings. The smallest absolute Gasteiger partial charge is 0.282 e. The zero-order valence-corrected chi connectivity index (χ0v) is 11.6. The Labute approximate surface area is 117 Å². The summed E-state index contributed by atoms with van der Waals surface area (Å²) in [6.07, 6.45) is 1.55. The number of benzene rings is 1. The lowest BCUT2D eigenvalue weighted by molar-refractivity contribution is -0.385. The number of nitrogens with zero attached hydrogens (tertiary/aromatic N) is 2. The van der Waals surface area contributed by atoms with Gasteiger partial charge in [-0.2, -0.15) is 0 Å². The summed E-state index contributed by atoms with van der Waals surface area (Å²) < 4.78 is 0. The van der Waals surface area contributed by atoms with E-state index in [-0.39, 0.29) is 29.8 Å². The van der Waals surface area contributed by atoms with Gasteiger partial charge in [-0.1, -0.05) is 0 Å². The minimum atomic E-state index is -0.524. The first-order valence-corrected chi connectivity index (χ1v) is 6.63. The molecule has 1 amide bonds. The Kier molecular flexibility index (Phi) is 4.04. The molecule has 1 aromatic carbocycles. The Morgan fingerprint density at radius 2 is 2.10 bits per heavy atom. The van der Waals surface area contributed by atoms with Crippen LogP contribution in [0.5, 0.6) is 0 Å². The highest BCUT2D eigenvalue weighted by Gasteiger charge is 2.32. The molecule has 1 aliphatic heterocycles. The van der Waals surface area contributed by atoms with Crippen molar-refractivity contribution in [3.8, 4) is 0 Å². The van der Waals surface area contributed by atoms with Crippen LogP contribution in [0, 0.1) is 24.0 Å². The Bertz CT molecular complexity index is 556. The number of nitro benzene ring substituents is 1. The maximum absolute atomic E-state index is 12.5. The lowest BCUT2D eigenvalue weighted by Crippen LogP contribution is -2.38. The van der Waals surface area contributed by atoms with Crippen molar-refractivity contribution in [2.75, 3.05) is 13.2 Å². The fourth-order valence-corrected chi connectivity index (χ4v) is 2.57. The molecule has 0 spiro atoms. The first kappa shape index (κ1) is 14.5. The van der Waals surface area contributed by atoms with Crippen molar-refractivity contribution < 1.29 is 14.8 Å². The molecule has 1 saturated heterocycles. The Morgan fingerprint density at radius 3 is 2.70 bits per heavy atom. The number of aliphatic hydroxyl groups excluding tert-OH is 1. The molecule has 1 fully saturated rings. The summed E-state index contributed by atoms with van der Waals surface area (Å²) in [5.41, 5.74) is 1.58. The van der Waals surface area contributed by atoms with E-state index in [1.165, 1.54) is 11.0 Å². The van der Waals surface area contributed by atoms with Gasteiger partial charge in [0.25, 0.3) is 11.6 Å². The van der Waals surface area contributed by atoms with Crippen LogP contribution in [0.2, 0.25) is 0 Å². The van der Waals surface area contributed by atoms with Gasteiger partial charge in [0.05, 0.1) is 17.6 Å². The lowest BCUT2D eigenvalue weighted by Gasteiger charge is -2.23. The van der Waals surface area contributed by atoms with E-state index >= 15 is 0 Å². The molecule has 0 radical (unpaired) electrons. The number of carbonyl (C=O) groups excluding carboxylic acids is 1. The predicted molar refractivity (Wildman–Crippen MR) is 73.7 cm³/mol. The van der Waals surface area contributed by atoms with Gasteiger partial charge in [0.1, 0.15) is 5.56 Å². The normalized spacial score (nSPS) is 18.4. The third kappa shape index (κ3) is 2.51. The second kappa shape index (κ2) is 5.58. The van der Waals surface area contributed by atoms with Gasteiger partial charge in [0.15, 0.2) is 0 Å². The molecular formula is C14H18N2O4. The number of aliphatic hydroxyl groups is 1. The van der Waals surface area contributed by atoms with Crippen molar-refractivity contribution >= 4 is 11.6 Å². The largest absolute Gasteiger partial charge is 0.394 e. The average Bonchev–Trinajstić information content (AvgIpc) is 2.88. The topological polar surface area (TPSA) is 83.7 Å². The van der Waals surface area contributed by atoms with Crippen molar-refractivity contribution in [1.82, 2.24) is 4.90 Å². The second-order valence-electron chi connectivity index (χ2n) is 5.19. The third-order valence-electron chi connectivity index (χ3n) is 3.89. The zero-order chi connectivity index (χ0) is 14.9. The maximum atomic E-state index is 12.5. The van der Waals surface area contributed by atoms with Gasteiger partial charge in [-0.25, -0.2) is 0 Å². The molecule has 0 aliphatic carbocycles. The number of amides is 1. The molecule has 2 rings (SSSR count). The first-order chi connectivity index (χ1) is 9.45. The Morgan fingerprint density at radius 1 is 1.45 bits per heavy atom. The van der Waals surface area contributed by atoms with Crippen LogP contribution in [0.3, 0.4) is 0 Å². The average molecular weight is 278 g/mol. The van der Waals surface area contributed by atoms with Crippen molar-refractivity contribution in [3.63, 3.8) is 0 Å². The third-order valence-corrected chi connectivity index (χ3v) is 3.89. The molecule has 0 saturated carbocycles. The molecule has 1 aromatic rings. The molecule has 0 aromatic heterocycles. The van der Waals surface area contributed by atoms with Crippen LogP contribution >= 0.6 is 0 Å². The van der Waals surface area contributed by atoms with Gasteiger partial charge in [-0.3, -0.25) is 14.9 Å². The molecule has 108 valence electrons. The number of hydrogen-bond donors (Lipinski definition) is 1. The van der Waals surface area contributed by atoms with E-state index < -0.39 is 4.92 Å². The van der Waals surface area contributed by atoms with Gasteiger partial charge >= 0.3 is 0 Å². The minimum absolute atomic E-state index is 0.107. The van der Waals surface area contributed by atoms with E-state index in [9.17, 15) is 20.0 Å². The van der Waals surface area contributed by atoms with Crippen LogP contribution in [0.4, 0.5) is 5.69 Å². The molecular weight excluding hydrogens is 260 g/mol. The van der Waals surface area contributed by atoms with Crippen molar-refractivity contribution in [2.45, 2.75) is 32.7 Å². The number of hydrogen-bond acceptors (Lipinski definition) is 4. The highest BCUT2D eigenvalue weighted by molar-refractivity contribution is 5.98. The van der Waals surface area contributed by atoms with Crippen LogP contribution in [0.1, 0.15) is 34.3 Å². The SMILES string of the molecule is Cc1cc(C(=O)N2CCC[C@H]2CO)c([N+](=O)[O-])cc1C. The van der Waals surface area contributed by atoms with E-state index in [0.29, 0.717) is 6.54 Å². The fourth-order valence-electron chi connectivity index (χ4n) is 2.57. The quantitative estimate of drug-likeness (QED) is 0.675. The monoisotopic (exact) mass is 278 g/mol. The summed E-state index contributed by atoms with van der Waals surface area (Å²) in [4.78, 5) is 24.7. The summed E-state index contributed by atoms with van der Waals surface area (Å²) in [5, 5.41) is 20.4. The molecule has 1 atom stereocenters. The summed E-state index contributed by atoms with van der Waals surface area (Å²) in [5.74, 6) is -0.364. The maximum Gasteiger partial charge on any atom is 0.282 e. The highest BCUT2D eigenvalue weighted by atomic mass is 16.6. The van der Waals surface area contributed by atoms with E-state index in [4.69, 9.17) is 0 Å². The predicted octanol–water partition coefficient (Wildman–Crippen LogP) is 1.81. The second-order valence-corrected chi connectivity index (χ2v) is 5.19. The van der Waals surface area contributed by atoms with Gasteiger partial charge in [-0.15, -0.1) is 0 Å². The standard InChI is InChI=1S/C14H18N2O4/c1-9-6-12(13(16(19)20)7-10(9)2)14(18)15-5-3-4-11(15)8-17/h6-7,11,17H,3-5,8H2,1-2H3/t11-/m0/s1. The molecule has 0 unspecified atom stereocenters. The molecule has 20 heavy (non-hydrogen) atoms. The number of aryl methyl sites for hydroxylation is 2. The lowest BCUT2D eigenvalue weighted by atomic mass is 10.0. The summed E-state index contributed by atoms with van der Waals surface area (Å²) in [6, 6.07) is 2.78. The zero-order valence-electron chi connectivity index (χ0n) is 11.6. The molecule has 6 nitrogen and oxygen atoms in total. The molecule has 1 heterocycles. The van der Waals surface area contributed by atoms with Crippen LogP contribution in [-0.4, -0.2) is 40.0 Å². The summed E-state index contributed by atoms with van der Waals surface area (Å²) in [7, 11) is 0. The summed E-state index contributed by atoms with van der Waals surface area (Å²) >= 11 is 0. The molecule has 6 heteroatoms. The number of likely N-dealkylation sites (tertiary alicyclic amines) is 1. The van der Waals surface area contributed by atoms with E-state index in [1.807, 2.05) is 6.92 Å². The minimum Gasteiger partial charge on any atom is -0.394 e. The number of nitro groups is 1. The van der Waals surface area contributed by atoms with Crippen molar-refractivity contribution in [3.05, 3.63) is 38.9 Å². The molecule has 0 bridgehead atoms.